The van der Waals surface area contributed by atoms with Gasteiger partial charge in [-0.05, 0) is 78.6 Å². The fraction of sp³-hybridized carbons (Fsp3) is 0.133. The van der Waals surface area contributed by atoms with Crippen molar-refractivity contribution in [3.8, 4) is 0 Å². The number of rotatable bonds is 7. The third-order valence-corrected chi connectivity index (χ3v) is 5.76. The molecule has 0 radical (unpaired) electrons. The number of amides is 2. The predicted octanol–water partition coefficient (Wildman–Crippen LogP) is 6.47. The van der Waals surface area contributed by atoms with Gasteiger partial charge in [0.2, 0.25) is 5.91 Å². The maximum atomic E-state index is 13.6. The molecule has 4 nitrogen and oxygen atoms in total. The van der Waals surface area contributed by atoms with Crippen LogP contribution in [0.5, 0.6) is 0 Å². The van der Waals surface area contributed by atoms with Crippen molar-refractivity contribution in [1.82, 2.24) is 0 Å². The van der Waals surface area contributed by atoms with E-state index in [9.17, 15) is 14.0 Å². The molecule has 0 aromatic heterocycles. The Labute approximate surface area is 205 Å². The zero-order valence-electron chi connectivity index (χ0n) is 19.8. The molecule has 0 heterocycles. The van der Waals surface area contributed by atoms with Crippen LogP contribution in [0.3, 0.4) is 0 Å². The van der Waals surface area contributed by atoms with Crippen molar-refractivity contribution in [2.45, 2.75) is 26.8 Å². The van der Waals surface area contributed by atoms with E-state index >= 15 is 0 Å². The van der Waals surface area contributed by atoms with Crippen LogP contribution in [0.1, 0.15) is 32.6 Å². The van der Waals surface area contributed by atoms with E-state index in [0.717, 1.165) is 27.9 Å². The Morgan fingerprint density at radius 3 is 2.29 bits per heavy atom. The number of nitrogens with one attached hydrogen (secondary N) is 1. The Bertz CT molecular complexity index is 1350. The van der Waals surface area contributed by atoms with Crippen LogP contribution in [-0.4, -0.2) is 11.8 Å². The number of carbonyl (C=O) groups excluding carboxylic acids is 2. The third kappa shape index (κ3) is 6.21. The predicted molar refractivity (Wildman–Crippen MR) is 138 cm³/mol. The van der Waals surface area contributed by atoms with Crippen LogP contribution in [-0.2, 0) is 17.8 Å². The first kappa shape index (κ1) is 23.9. The average Bonchev–Trinajstić information content (AvgIpc) is 2.84. The van der Waals surface area contributed by atoms with E-state index in [1.54, 1.807) is 23.1 Å². The number of benzene rings is 4. The average molecular weight is 467 g/mol. The highest BCUT2D eigenvalue weighted by Gasteiger charge is 2.20. The fourth-order valence-electron chi connectivity index (χ4n) is 3.96. The first-order chi connectivity index (χ1) is 16.9. The summed E-state index contributed by atoms with van der Waals surface area (Å²) in [6.07, 6.45) is 0.171. The summed E-state index contributed by atoms with van der Waals surface area (Å²) < 4.78 is 13.5. The van der Waals surface area contributed by atoms with E-state index in [-0.39, 0.29) is 30.6 Å². The number of aryl methyl sites for hydroxylation is 2. The number of nitrogens with zero attached hydrogens (tertiary/aromatic N) is 1. The van der Waals surface area contributed by atoms with Gasteiger partial charge < -0.3 is 10.2 Å². The lowest BCUT2D eigenvalue weighted by Gasteiger charge is -2.24. The van der Waals surface area contributed by atoms with Gasteiger partial charge in [-0.3, -0.25) is 9.59 Å². The Morgan fingerprint density at radius 1 is 0.800 bits per heavy atom. The molecule has 176 valence electrons. The number of hydrogen-bond acceptors (Lipinski definition) is 2. The van der Waals surface area contributed by atoms with Crippen LogP contribution in [0, 0.1) is 19.7 Å². The van der Waals surface area contributed by atoms with Gasteiger partial charge in [0.1, 0.15) is 5.82 Å². The Morgan fingerprint density at radius 2 is 1.54 bits per heavy atom. The molecule has 4 aromatic rings. The maximum Gasteiger partial charge on any atom is 0.258 e. The minimum absolute atomic E-state index is 0.136. The molecular weight excluding hydrogens is 439 g/mol. The van der Waals surface area contributed by atoms with Crippen molar-refractivity contribution in [1.29, 1.82) is 0 Å². The second kappa shape index (κ2) is 10.8. The van der Waals surface area contributed by atoms with Crippen molar-refractivity contribution in [3.05, 3.63) is 131 Å². The first-order valence-corrected chi connectivity index (χ1v) is 11.5. The molecule has 0 fully saturated rings. The summed E-state index contributed by atoms with van der Waals surface area (Å²) in [6, 6.07) is 28.6. The van der Waals surface area contributed by atoms with Crippen molar-refractivity contribution in [3.63, 3.8) is 0 Å². The summed E-state index contributed by atoms with van der Waals surface area (Å²) in [7, 11) is 0. The summed E-state index contributed by atoms with van der Waals surface area (Å²) in [5.41, 5.74) is 5.54. The van der Waals surface area contributed by atoms with Crippen molar-refractivity contribution >= 4 is 23.2 Å². The lowest BCUT2D eigenvalue weighted by molar-refractivity contribution is -0.115. The van der Waals surface area contributed by atoms with E-state index in [4.69, 9.17) is 0 Å². The number of anilines is 2. The van der Waals surface area contributed by atoms with E-state index in [1.807, 2.05) is 80.6 Å². The van der Waals surface area contributed by atoms with E-state index in [2.05, 4.69) is 5.32 Å². The molecular formula is C30H27FN2O2. The smallest absolute Gasteiger partial charge is 0.258 e. The number of carbonyl (C=O) groups is 2. The summed E-state index contributed by atoms with van der Waals surface area (Å²) in [6.45, 7) is 4.14. The Hall–Kier alpha value is -4.25. The van der Waals surface area contributed by atoms with Crippen molar-refractivity contribution in [2.24, 2.45) is 0 Å². The third-order valence-electron chi connectivity index (χ3n) is 5.76. The van der Waals surface area contributed by atoms with Gasteiger partial charge in [0.15, 0.2) is 0 Å². The molecule has 0 saturated carbocycles. The minimum atomic E-state index is -0.327. The standard InChI is InChI=1S/C30H27FN2O2/c1-21-7-5-10-26(17-21)32-29(34)19-24-9-6-11-27(18-24)33(20-23-13-15-25(31)16-14-23)30(35)28-12-4-3-8-22(28)2/h3-18H,19-20H2,1-2H3,(H,32,34). The van der Waals surface area contributed by atoms with E-state index in [0.29, 0.717) is 11.3 Å². The Kier molecular flexibility index (Phi) is 7.36. The zero-order valence-corrected chi connectivity index (χ0v) is 19.8. The molecule has 4 aromatic carbocycles. The van der Waals surface area contributed by atoms with Crippen molar-refractivity contribution < 1.29 is 14.0 Å². The molecule has 2 amide bonds. The number of hydrogen-bond donors (Lipinski definition) is 1. The lowest BCUT2D eigenvalue weighted by Crippen LogP contribution is -2.31. The minimum Gasteiger partial charge on any atom is -0.326 e. The second-order valence-electron chi connectivity index (χ2n) is 8.60. The van der Waals surface area contributed by atoms with Crippen LogP contribution in [0.2, 0.25) is 0 Å². The van der Waals surface area contributed by atoms with E-state index < -0.39 is 0 Å². The molecule has 4 rings (SSSR count). The van der Waals surface area contributed by atoms with Crippen LogP contribution in [0.15, 0.2) is 97.1 Å². The molecule has 0 aliphatic heterocycles. The molecule has 0 aliphatic carbocycles. The quantitative estimate of drug-likeness (QED) is 0.339. The van der Waals surface area contributed by atoms with Gasteiger partial charge in [-0.25, -0.2) is 4.39 Å². The zero-order chi connectivity index (χ0) is 24.8. The van der Waals surface area contributed by atoms with Crippen LogP contribution < -0.4 is 10.2 Å². The molecule has 0 spiro atoms. The fourth-order valence-corrected chi connectivity index (χ4v) is 3.96. The molecule has 5 heteroatoms. The molecule has 0 unspecified atom stereocenters. The normalized spacial score (nSPS) is 10.6. The van der Waals surface area contributed by atoms with Gasteiger partial charge in [-0.1, -0.05) is 54.6 Å². The lowest BCUT2D eigenvalue weighted by atomic mass is 10.1. The molecule has 0 saturated heterocycles. The van der Waals surface area contributed by atoms with Gasteiger partial charge in [0.25, 0.3) is 5.91 Å². The van der Waals surface area contributed by atoms with Crippen LogP contribution in [0.25, 0.3) is 0 Å². The van der Waals surface area contributed by atoms with Gasteiger partial charge in [0, 0.05) is 16.9 Å². The van der Waals surface area contributed by atoms with Crippen LogP contribution >= 0.6 is 0 Å². The molecule has 35 heavy (non-hydrogen) atoms. The molecule has 0 aliphatic rings. The summed E-state index contributed by atoms with van der Waals surface area (Å²) in [5.74, 6) is -0.621. The Balaban J connectivity index is 1.61. The molecule has 0 atom stereocenters. The highest BCUT2D eigenvalue weighted by Crippen LogP contribution is 2.24. The van der Waals surface area contributed by atoms with Crippen molar-refractivity contribution in [2.75, 3.05) is 10.2 Å². The summed E-state index contributed by atoms with van der Waals surface area (Å²) in [5, 5.41) is 2.93. The summed E-state index contributed by atoms with van der Waals surface area (Å²) >= 11 is 0. The number of halogens is 1. The van der Waals surface area contributed by atoms with Gasteiger partial charge in [0.05, 0.1) is 13.0 Å². The van der Waals surface area contributed by atoms with Gasteiger partial charge in [-0.15, -0.1) is 0 Å². The highest BCUT2D eigenvalue weighted by atomic mass is 19.1. The monoisotopic (exact) mass is 466 g/mol. The highest BCUT2D eigenvalue weighted by molar-refractivity contribution is 6.07. The molecule has 1 N–H and O–H groups in total. The largest absolute Gasteiger partial charge is 0.326 e. The molecule has 0 bridgehead atoms. The second-order valence-corrected chi connectivity index (χ2v) is 8.60. The summed E-state index contributed by atoms with van der Waals surface area (Å²) in [4.78, 5) is 28.0. The SMILES string of the molecule is Cc1cccc(NC(=O)Cc2cccc(N(Cc3ccc(F)cc3)C(=O)c3ccccc3C)c2)c1. The van der Waals surface area contributed by atoms with Gasteiger partial charge in [-0.2, -0.15) is 0 Å². The van der Waals surface area contributed by atoms with Gasteiger partial charge >= 0.3 is 0 Å². The first-order valence-electron chi connectivity index (χ1n) is 11.5. The maximum absolute atomic E-state index is 13.6. The van der Waals surface area contributed by atoms with E-state index in [1.165, 1.54) is 12.1 Å². The topological polar surface area (TPSA) is 49.4 Å². The van der Waals surface area contributed by atoms with Crippen LogP contribution in [0.4, 0.5) is 15.8 Å².